The van der Waals surface area contributed by atoms with E-state index < -0.39 is 36.4 Å². The molecule has 7 nitrogen and oxygen atoms in total. The van der Waals surface area contributed by atoms with Gasteiger partial charge in [0.15, 0.2) is 5.78 Å². The number of hydrogen-bond donors (Lipinski definition) is 0. The molecular formula is C18H20NO6P. The third-order valence-corrected chi connectivity index (χ3v) is 6.42. The Hall–Kier alpha value is -2.34. The molecule has 8 heteroatoms. The summed E-state index contributed by atoms with van der Waals surface area (Å²) in [5, 5.41) is 11.3. The number of ketones is 1. The van der Waals surface area contributed by atoms with Crippen molar-refractivity contribution < 1.29 is 23.3 Å². The zero-order valence-corrected chi connectivity index (χ0v) is 15.4. The van der Waals surface area contributed by atoms with Crippen LogP contribution in [0.2, 0.25) is 0 Å². The van der Waals surface area contributed by atoms with E-state index in [1.807, 2.05) is 0 Å². The van der Waals surface area contributed by atoms with Crippen molar-refractivity contribution in [2.75, 3.05) is 20.8 Å². The first-order valence-corrected chi connectivity index (χ1v) is 9.51. The second kappa shape index (κ2) is 8.85. The number of benzene rings is 2. The lowest BCUT2D eigenvalue weighted by Crippen LogP contribution is -2.33. The van der Waals surface area contributed by atoms with E-state index in [9.17, 15) is 19.5 Å². The Labute approximate surface area is 151 Å². The standard InChI is InChI=1S/C18H20NO6P/c1-24-26(23,25-2)18(17(20)15-11-7-4-8-12-15)16(13-19(21)22)14-9-5-3-6-10-14/h3-12,16,18H,13H2,1-2H3/t16-,18-/m1/s1. The van der Waals surface area contributed by atoms with Gasteiger partial charge in [0.05, 0.1) is 5.92 Å². The lowest BCUT2D eigenvalue weighted by atomic mass is 9.91. The van der Waals surface area contributed by atoms with Gasteiger partial charge in [-0.15, -0.1) is 0 Å². The zero-order valence-electron chi connectivity index (χ0n) is 14.5. The average molecular weight is 377 g/mol. The molecule has 0 amide bonds. The lowest BCUT2D eigenvalue weighted by molar-refractivity contribution is -0.483. The van der Waals surface area contributed by atoms with Crippen molar-refractivity contribution in [2.45, 2.75) is 11.6 Å². The molecule has 0 aromatic heterocycles. The second-order valence-electron chi connectivity index (χ2n) is 5.61. The topological polar surface area (TPSA) is 95.7 Å². The Kier molecular flexibility index (Phi) is 6.80. The third kappa shape index (κ3) is 4.43. The van der Waals surface area contributed by atoms with Crippen LogP contribution in [0, 0.1) is 10.1 Å². The molecule has 0 aliphatic rings. The SMILES string of the molecule is COP(=O)(OC)[C@@H](C(=O)c1ccccc1)[C@H](C[N+](=O)[O-])c1ccccc1. The van der Waals surface area contributed by atoms with Crippen molar-refractivity contribution in [1.82, 2.24) is 0 Å². The summed E-state index contributed by atoms with van der Waals surface area (Å²) >= 11 is 0. The number of rotatable bonds is 9. The van der Waals surface area contributed by atoms with E-state index >= 15 is 0 Å². The van der Waals surface area contributed by atoms with E-state index in [2.05, 4.69) is 0 Å². The molecule has 2 rings (SSSR count). The molecule has 0 saturated heterocycles. The summed E-state index contributed by atoms with van der Waals surface area (Å²) in [6.45, 7) is -0.579. The van der Waals surface area contributed by atoms with Crippen LogP contribution in [0.1, 0.15) is 21.8 Å². The smallest absolute Gasteiger partial charge is 0.311 e. The van der Waals surface area contributed by atoms with Gasteiger partial charge in [0, 0.05) is 24.7 Å². The minimum absolute atomic E-state index is 0.288. The Morgan fingerprint density at radius 3 is 2.00 bits per heavy atom. The molecular weight excluding hydrogens is 357 g/mol. The fourth-order valence-corrected chi connectivity index (χ4v) is 4.62. The molecule has 0 saturated carbocycles. The van der Waals surface area contributed by atoms with Crippen LogP contribution in [0.25, 0.3) is 0 Å². The van der Waals surface area contributed by atoms with E-state index in [1.54, 1.807) is 60.7 Å². The monoisotopic (exact) mass is 377 g/mol. The molecule has 0 aliphatic heterocycles. The quantitative estimate of drug-likeness (QED) is 0.286. The molecule has 0 spiro atoms. The Bertz CT molecular complexity index is 788. The van der Waals surface area contributed by atoms with E-state index in [4.69, 9.17) is 9.05 Å². The fraction of sp³-hybridized carbons (Fsp3) is 0.278. The maximum Gasteiger partial charge on any atom is 0.341 e. The number of carbonyl (C=O) groups excluding carboxylic acids is 1. The van der Waals surface area contributed by atoms with Gasteiger partial charge in [-0.25, -0.2) is 0 Å². The number of nitro groups is 1. The van der Waals surface area contributed by atoms with Gasteiger partial charge in [-0.05, 0) is 5.56 Å². The van der Waals surface area contributed by atoms with Crippen LogP contribution in [-0.4, -0.2) is 37.1 Å². The molecule has 0 heterocycles. The van der Waals surface area contributed by atoms with Crippen LogP contribution in [0.3, 0.4) is 0 Å². The maximum absolute atomic E-state index is 13.2. The highest BCUT2D eigenvalue weighted by atomic mass is 31.2. The summed E-state index contributed by atoms with van der Waals surface area (Å²) in [5.41, 5.74) is -0.531. The first kappa shape index (κ1) is 20.0. The predicted molar refractivity (Wildman–Crippen MR) is 97.2 cm³/mol. The van der Waals surface area contributed by atoms with Crippen molar-refractivity contribution in [3.05, 3.63) is 81.9 Å². The number of Topliss-reactive ketones (excluding diaryl/α,β-unsaturated/α-hetero) is 1. The molecule has 138 valence electrons. The molecule has 0 aliphatic carbocycles. The van der Waals surface area contributed by atoms with Crippen LogP contribution in [0.4, 0.5) is 0 Å². The fourth-order valence-electron chi connectivity index (χ4n) is 2.87. The molecule has 0 bridgehead atoms. The molecule has 2 aromatic carbocycles. The Morgan fingerprint density at radius 1 is 1.04 bits per heavy atom. The van der Waals surface area contributed by atoms with Crippen molar-refractivity contribution in [1.29, 1.82) is 0 Å². The van der Waals surface area contributed by atoms with Crippen molar-refractivity contribution in [2.24, 2.45) is 0 Å². The van der Waals surface area contributed by atoms with E-state index in [0.717, 1.165) is 0 Å². The molecule has 26 heavy (non-hydrogen) atoms. The van der Waals surface area contributed by atoms with Gasteiger partial charge in [-0.1, -0.05) is 60.7 Å². The molecule has 2 aromatic rings. The van der Waals surface area contributed by atoms with Crippen molar-refractivity contribution >= 4 is 13.4 Å². The summed E-state index contributed by atoms with van der Waals surface area (Å²) < 4.78 is 23.3. The van der Waals surface area contributed by atoms with Gasteiger partial charge < -0.3 is 9.05 Å². The molecule has 0 radical (unpaired) electrons. The Balaban J connectivity index is 2.61. The number of nitrogens with zero attached hydrogens (tertiary/aromatic N) is 1. The van der Waals surface area contributed by atoms with Gasteiger partial charge in [0.25, 0.3) is 0 Å². The summed E-state index contributed by atoms with van der Waals surface area (Å²) in [6, 6.07) is 16.7. The van der Waals surface area contributed by atoms with E-state index in [0.29, 0.717) is 5.56 Å². The highest BCUT2D eigenvalue weighted by Gasteiger charge is 2.48. The van der Waals surface area contributed by atoms with Crippen LogP contribution >= 0.6 is 7.60 Å². The lowest BCUT2D eigenvalue weighted by Gasteiger charge is -2.28. The van der Waals surface area contributed by atoms with Crippen LogP contribution in [-0.2, 0) is 13.6 Å². The molecule has 0 unspecified atom stereocenters. The maximum atomic E-state index is 13.2. The second-order valence-corrected chi connectivity index (χ2v) is 7.98. The third-order valence-electron chi connectivity index (χ3n) is 4.13. The van der Waals surface area contributed by atoms with E-state index in [-0.39, 0.29) is 5.56 Å². The van der Waals surface area contributed by atoms with Gasteiger partial charge in [0.1, 0.15) is 5.66 Å². The van der Waals surface area contributed by atoms with Crippen LogP contribution in [0.15, 0.2) is 60.7 Å². The van der Waals surface area contributed by atoms with Gasteiger partial charge in [-0.2, -0.15) is 0 Å². The average Bonchev–Trinajstić information content (AvgIpc) is 2.68. The zero-order chi connectivity index (χ0) is 19.2. The molecule has 0 fully saturated rings. The summed E-state index contributed by atoms with van der Waals surface area (Å²) in [4.78, 5) is 23.9. The number of hydrogen-bond acceptors (Lipinski definition) is 6. The predicted octanol–water partition coefficient (Wildman–Crippen LogP) is 3.78. The van der Waals surface area contributed by atoms with E-state index in [1.165, 1.54) is 14.2 Å². The van der Waals surface area contributed by atoms with Gasteiger partial charge >= 0.3 is 7.60 Å². The molecule has 0 N–H and O–H groups in total. The minimum atomic E-state index is -3.94. The van der Waals surface area contributed by atoms with Crippen molar-refractivity contribution in [3.8, 4) is 0 Å². The number of carbonyl (C=O) groups is 1. The first-order valence-electron chi connectivity index (χ1n) is 7.90. The molecule has 2 atom stereocenters. The van der Waals surface area contributed by atoms with Crippen molar-refractivity contribution in [3.63, 3.8) is 0 Å². The summed E-state index contributed by atoms with van der Waals surface area (Å²) in [7, 11) is -1.60. The minimum Gasteiger partial charge on any atom is -0.311 e. The Morgan fingerprint density at radius 2 is 1.54 bits per heavy atom. The van der Waals surface area contributed by atoms with Gasteiger partial charge in [-0.3, -0.25) is 19.5 Å². The van der Waals surface area contributed by atoms with Gasteiger partial charge in [0.2, 0.25) is 6.54 Å². The largest absolute Gasteiger partial charge is 0.341 e. The normalized spacial score (nSPS) is 13.8. The van der Waals surface area contributed by atoms with Crippen LogP contribution < -0.4 is 0 Å². The highest BCUT2D eigenvalue weighted by Crippen LogP contribution is 2.57. The highest BCUT2D eigenvalue weighted by molar-refractivity contribution is 7.55. The first-order chi connectivity index (χ1) is 12.4. The summed E-state index contributed by atoms with van der Waals surface area (Å²) in [5.74, 6) is -1.49. The summed E-state index contributed by atoms with van der Waals surface area (Å²) in [6.07, 6.45) is 0. The van der Waals surface area contributed by atoms with Crippen LogP contribution in [0.5, 0.6) is 0 Å².